The van der Waals surface area contributed by atoms with Crippen molar-refractivity contribution >= 4 is 23.8 Å². The first-order valence-electron chi connectivity index (χ1n) is 15.6. The number of hydrogen-bond donors (Lipinski definition) is 4. The van der Waals surface area contributed by atoms with Gasteiger partial charge in [0.15, 0.2) is 0 Å². The highest BCUT2D eigenvalue weighted by molar-refractivity contribution is 5.88. The summed E-state index contributed by atoms with van der Waals surface area (Å²) in [6, 6.07) is -0.157. The van der Waals surface area contributed by atoms with Crippen LogP contribution >= 0.6 is 0 Å². The Morgan fingerprint density at radius 1 is 1.13 bits per heavy atom. The minimum atomic E-state index is -1.41. The van der Waals surface area contributed by atoms with E-state index in [0.717, 1.165) is 12.0 Å². The maximum atomic E-state index is 12.6. The molecule has 9 unspecified atom stereocenters. The second-order valence-corrected chi connectivity index (χ2v) is 13.4. The summed E-state index contributed by atoms with van der Waals surface area (Å²) in [5, 5.41) is 26.2. The zero-order valence-electron chi connectivity index (χ0n) is 27.6. The molecule has 252 valence electrons. The molecule has 9 atom stereocenters. The van der Waals surface area contributed by atoms with Crippen molar-refractivity contribution in [1.82, 2.24) is 10.6 Å². The number of hydrogen-bond acceptors (Lipinski definition) is 9. The molecule has 3 aliphatic heterocycles. The molecule has 12 nitrogen and oxygen atoms in total. The van der Waals surface area contributed by atoms with Crippen LogP contribution in [0, 0.1) is 5.92 Å². The van der Waals surface area contributed by atoms with Crippen LogP contribution in [0.25, 0.3) is 0 Å². The van der Waals surface area contributed by atoms with Gasteiger partial charge in [0, 0.05) is 19.4 Å². The molecule has 0 aromatic heterocycles. The van der Waals surface area contributed by atoms with Gasteiger partial charge in [-0.05, 0) is 66.4 Å². The van der Waals surface area contributed by atoms with E-state index in [-0.39, 0.29) is 36.5 Å². The Labute approximate surface area is 265 Å². The van der Waals surface area contributed by atoms with Gasteiger partial charge in [-0.2, -0.15) is 0 Å². The Morgan fingerprint density at radius 3 is 2.40 bits per heavy atom. The van der Waals surface area contributed by atoms with E-state index in [1.807, 2.05) is 19.9 Å². The number of allylic oxidation sites excluding steroid dienone is 2. The number of carboxylic acids is 1. The van der Waals surface area contributed by atoms with Crippen LogP contribution in [0.15, 0.2) is 36.0 Å². The Balaban J connectivity index is 1.56. The van der Waals surface area contributed by atoms with Gasteiger partial charge in [0.25, 0.3) is 0 Å². The van der Waals surface area contributed by atoms with Crippen LogP contribution in [-0.4, -0.2) is 93.9 Å². The molecule has 3 saturated heterocycles. The van der Waals surface area contributed by atoms with Gasteiger partial charge < -0.3 is 39.8 Å². The van der Waals surface area contributed by atoms with Gasteiger partial charge in [-0.25, -0.2) is 4.79 Å². The molecule has 0 aromatic rings. The minimum absolute atomic E-state index is 0.0499. The third kappa shape index (κ3) is 9.71. The number of aliphatic carboxylic acids is 1. The van der Waals surface area contributed by atoms with Gasteiger partial charge in [0.2, 0.25) is 11.8 Å². The second kappa shape index (κ2) is 14.6. The average Bonchev–Trinajstić information content (AvgIpc) is 3.70. The highest BCUT2D eigenvalue weighted by Gasteiger charge is 2.65. The zero-order chi connectivity index (χ0) is 33.7. The molecule has 2 amide bonds. The molecule has 12 heteroatoms. The molecule has 0 radical (unpaired) electrons. The van der Waals surface area contributed by atoms with Crippen LogP contribution in [0.5, 0.6) is 0 Å². The number of epoxide rings is 1. The van der Waals surface area contributed by atoms with Gasteiger partial charge in [-0.3, -0.25) is 14.4 Å². The number of rotatable bonds is 12. The summed E-state index contributed by atoms with van der Waals surface area (Å²) >= 11 is 0. The summed E-state index contributed by atoms with van der Waals surface area (Å²) in [5.41, 5.74) is -2.62. The fourth-order valence-electron chi connectivity index (χ4n) is 5.81. The summed E-state index contributed by atoms with van der Waals surface area (Å²) in [6.07, 6.45) is 8.21. The van der Waals surface area contributed by atoms with Gasteiger partial charge in [-0.15, -0.1) is 0 Å². The van der Waals surface area contributed by atoms with Crippen molar-refractivity contribution in [2.24, 2.45) is 5.92 Å². The molecule has 3 aliphatic rings. The van der Waals surface area contributed by atoms with Crippen LogP contribution in [0.1, 0.15) is 81.1 Å². The van der Waals surface area contributed by atoms with E-state index in [2.05, 4.69) is 23.6 Å². The molecule has 1 spiro atoms. The Kier molecular flexibility index (Phi) is 11.8. The number of carbonyl (C=O) groups excluding carboxylic acids is 3. The van der Waals surface area contributed by atoms with Gasteiger partial charge in [-0.1, -0.05) is 30.7 Å². The number of carbonyl (C=O) groups is 4. The molecule has 3 fully saturated rings. The molecule has 3 rings (SSSR count). The lowest BCUT2D eigenvalue weighted by molar-refractivity contribution is -0.189. The number of aliphatic hydroxyl groups is 1. The topological polar surface area (TPSA) is 173 Å². The first kappa shape index (κ1) is 36.4. The van der Waals surface area contributed by atoms with Gasteiger partial charge in [0.05, 0.1) is 37.4 Å². The minimum Gasteiger partial charge on any atom is -0.480 e. The fraction of sp³-hybridized carbons (Fsp3) is 0.697. The normalized spacial score (nSPS) is 34.5. The third-order valence-corrected chi connectivity index (χ3v) is 8.89. The molecule has 0 saturated carbocycles. The molecule has 0 aliphatic carbocycles. The number of nitrogens with one attached hydrogen (secondary N) is 2. The Bertz CT molecular complexity index is 1200. The van der Waals surface area contributed by atoms with Crippen molar-refractivity contribution in [2.45, 2.75) is 134 Å². The molecule has 3 heterocycles. The van der Waals surface area contributed by atoms with Crippen molar-refractivity contribution < 1.29 is 48.3 Å². The number of esters is 1. The molecular formula is C33H50N2O10. The van der Waals surface area contributed by atoms with E-state index in [4.69, 9.17) is 18.9 Å². The van der Waals surface area contributed by atoms with E-state index in [0.29, 0.717) is 19.4 Å². The van der Waals surface area contributed by atoms with Crippen molar-refractivity contribution in [1.29, 1.82) is 0 Å². The lowest BCUT2D eigenvalue weighted by Gasteiger charge is -2.44. The number of carboxylic acid groups (broad SMARTS) is 1. The van der Waals surface area contributed by atoms with Crippen LogP contribution in [0.3, 0.4) is 0 Å². The van der Waals surface area contributed by atoms with Crippen LogP contribution in [-0.2, 0) is 38.1 Å². The quantitative estimate of drug-likeness (QED) is 0.108. The van der Waals surface area contributed by atoms with Crippen molar-refractivity contribution in [3.8, 4) is 0 Å². The Hall–Kier alpha value is -3.06. The largest absolute Gasteiger partial charge is 0.480 e. The van der Waals surface area contributed by atoms with Crippen LogP contribution < -0.4 is 10.6 Å². The van der Waals surface area contributed by atoms with Gasteiger partial charge >= 0.3 is 11.9 Å². The monoisotopic (exact) mass is 634 g/mol. The maximum Gasteiger partial charge on any atom is 0.328 e. The summed E-state index contributed by atoms with van der Waals surface area (Å²) in [5.74, 6) is -2.10. The first-order valence-corrected chi connectivity index (χ1v) is 15.6. The molecular weight excluding hydrogens is 584 g/mol. The van der Waals surface area contributed by atoms with E-state index in [1.165, 1.54) is 32.9 Å². The van der Waals surface area contributed by atoms with E-state index >= 15 is 0 Å². The van der Waals surface area contributed by atoms with Crippen molar-refractivity contribution in [3.63, 3.8) is 0 Å². The third-order valence-electron chi connectivity index (χ3n) is 8.89. The second-order valence-electron chi connectivity index (χ2n) is 13.4. The smallest absolute Gasteiger partial charge is 0.328 e. The fourth-order valence-corrected chi connectivity index (χ4v) is 5.81. The maximum absolute atomic E-state index is 12.6. The van der Waals surface area contributed by atoms with Crippen LogP contribution in [0.2, 0.25) is 0 Å². The first-order chi connectivity index (χ1) is 20.8. The van der Waals surface area contributed by atoms with E-state index in [9.17, 15) is 29.4 Å². The molecule has 4 N–H and O–H groups in total. The molecule has 0 aromatic carbocycles. The highest BCUT2D eigenvalue weighted by atomic mass is 16.6. The lowest BCUT2D eigenvalue weighted by atomic mass is 9.77. The summed E-state index contributed by atoms with van der Waals surface area (Å²) in [6.45, 7) is 13.8. The Morgan fingerprint density at radius 2 is 1.80 bits per heavy atom. The van der Waals surface area contributed by atoms with Crippen LogP contribution in [0.4, 0.5) is 0 Å². The van der Waals surface area contributed by atoms with Crippen molar-refractivity contribution in [2.75, 3.05) is 6.61 Å². The van der Waals surface area contributed by atoms with Gasteiger partial charge in [0.1, 0.15) is 28.9 Å². The number of ether oxygens (including phenoxy) is 4. The van der Waals surface area contributed by atoms with Crippen molar-refractivity contribution in [3.05, 3.63) is 36.0 Å². The zero-order valence-corrected chi connectivity index (χ0v) is 27.6. The summed E-state index contributed by atoms with van der Waals surface area (Å²) < 4.78 is 23.1. The number of amides is 2. The highest BCUT2D eigenvalue weighted by Crippen LogP contribution is 2.49. The van der Waals surface area contributed by atoms with E-state index < -0.39 is 52.9 Å². The predicted molar refractivity (Wildman–Crippen MR) is 165 cm³/mol. The lowest BCUT2D eigenvalue weighted by Crippen LogP contribution is -2.60. The SMILES string of the molecule is CC(=O)OC(C)C=CC(=O)NC1CC(C)C(CC=C(C)C=CC2OC(CC(=O)NC(C)(C)C(=O)O)CC3(CO3)C2(C)O)OC1C. The predicted octanol–water partition coefficient (Wildman–Crippen LogP) is 2.73. The molecule has 45 heavy (non-hydrogen) atoms. The standard InChI is InChI=1S/C33H50N2O10/c1-19(9-12-26-20(2)15-25(22(4)44-26)34-28(37)14-11-21(3)43-23(5)36)10-13-27-32(8,41)33(18-42-33)17-24(45-27)16-29(38)35-31(6,7)30(39)40/h9-11,13-14,20-22,24-27,41H,12,15-18H2,1-8H3,(H,34,37)(H,35,38)(H,39,40). The summed E-state index contributed by atoms with van der Waals surface area (Å²) in [4.78, 5) is 47.5. The molecule has 0 bridgehead atoms. The summed E-state index contributed by atoms with van der Waals surface area (Å²) in [7, 11) is 0. The van der Waals surface area contributed by atoms with E-state index in [1.54, 1.807) is 19.9 Å². The average molecular weight is 635 g/mol.